The largest absolute Gasteiger partial charge is 0.348 e. The molecule has 2 rings (SSSR count). The van der Waals surface area contributed by atoms with Gasteiger partial charge in [-0.1, -0.05) is 64.0 Å². The van der Waals surface area contributed by atoms with Crippen molar-refractivity contribution in [3.05, 3.63) is 29.8 Å². The van der Waals surface area contributed by atoms with Gasteiger partial charge in [-0.15, -0.1) is 0 Å². The van der Waals surface area contributed by atoms with Gasteiger partial charge in [0.05, 0.1) is 24.1 Å². The number of unbranched alkanes of at least 4 members (excludes halogenated alkanes) is 6. The maximum Gasteiger partial charge on any atom is 0.183 e. The predicted molar refractivity (Wildman–Crippen MR) is 102 cm³/mol. The van der Waals surface area contributed by atoms with Gasteiger partial charge in [0, 0.05) is 11.5 Å². The van der Waals surface area contributed by atoms with Crippen molar-refractivity contribution in [2.24, 2.45) is 10.9 Å². The third kappa shape index (κ3) is 6.82. The highest BCUT2D eigenvalue weighted by Gasteiger charge is 2.23. The van der Waals surface area contributed by atoms with Crippen molar-refractivity contribution < 1.29 is 9.47 Å². The second-order valence-corrected chi connectivity index (χ2v) is 6.75. The quantitative estimate of drug-likeness (QED) is 0.286. The van der Waals surface area contributed by atoms with Crippen LogP contribution in [0.1, 0.15) is 70.1 Å². The molecule has 1 heterocycles. The average molecular weight is 348 g/mol. The van der Waals surface area contributed by atoms with Crippen molar-refractivity contribution in [3.8, 4) is 0 Å². The highest BCUT2D eigenvalue weighted by atomic mass is 32.1. The molecule has 0 atom stereocenters. The second kappa shape index (κ2) is 11.5. The molecule has 1 aliphatic heterocycles. The number of hydrogen-bond acceptors (Lipinski definition) is 4. The molecule has 3 nitrogen and oxygen atoms in total. The predicted octanol–water partition coefficient (Wildman–Crippen LogP) is 6.22. The Morgan fingerprint density at radius 3 is 2.25 bits per heavy atom. The Hall–Kier alpha value is -1.06. The van der Waals surface area contributed by atoms with Crippen LogP contribution >= 0.6 is 12.2 Å². The minimum absolute atomic E-state index is 0.249. The highest BCUT2D eigenvalue weighted by Crippen LogP contribution is 2.28. The summed E-state index contributed by atoms with van der Waals surface area (Å²) in [6.07, 6.45) is 10.4. The fourth-order valence-corrected chi connectivity index (χ4v) is 3.16. The lowest BCUT2D eigenvalue weighted by Crippen LogP contribution is -2.27. The van der Waals surface area contributed by atoms with Crippen LogP contribution in [0, 0.1) is 5.92 Å². The monoisotopic (exact) mass is 347 g/mol. The maximum atomic E-state index is 5.90. The highest BCUT2D eigenvalue weighted by molar-refractivity contribution is 7.78. The van der Waals surface area contributed by atoms with E-state index in [1.165, 1.54) is 51.4 Å². The van der Waals surface area contributed by atoms with Crippen molar-refractivity contribution in [2.45, 2.75) is 64.6 Å². The number of ether oxygens (including phenoxy) is 2. The van der Waals surface area contributed by atoms with Gasteiger partial charge >= 0.3 is 0 Å². The number of nitrogens with zero attached hydrogens (tertiary/aromatic N) is 1. The normalized spacial score (nSPS) is 20.5. The van der Waals surface area contributed by atoms with Crippen molar-refractivity contribution in [1.29, 1.82) is 0 Å². The molecular weight excluding hydrogens is 318 g/mol. The number of thiocarbonyl (C=S) groups is 1. The van der Waals surface area contributed by atoms with Crippen LogP contribution in [0.4, 0.5) is 5.69 Å². The smallest absolute Gasteiger partial charge is 0.183 e. The maximum absolute atomic E-state index is 5.90. The first kappa shape index (κ1) is 19.3. The molecule has 24 heavy (non-hydrogen) atoms. The van der Waals surface area contributed by atoms with E-state index in [4.69, 9.17) is 9.47 Å². The number of aliphatic imine (C=N–C) groups is 1. The first-order chi connectivity index (χ1) is 11.8. The number of rotatable bonds is 10. The zero-order chi connectivity index (χ0) is 17.0. The Labute approximate surface area is 151 Å². The minimum Gasteiger partial charge on any atom is -0.348 e. The van der Waals surface area contributed by atoms with E-state index in [-0.39, 0.29) is 6.29 Å². The van der Waals surface area contributed by atoms with E-state index in [2.05, 4.69) is 29.3 Å². The molecule has 0 spiro atoms. The molecule has 0 N–H and O–H groups in total. The van der Waals surface area contributed by atoms with E-state index < -0.39 is 0 Å². The van der Waals surface area contributed by atoms with Crippen LogP contribution < -0.4 is 0 Å². The summed E-state index contributed by atoms with van der Waals surface area (Å²) in [5, 5.41) is 2.37. The van der Waals surface area contributed by atoms with Crippen LogP contribution in [-0.4, -0.2) is 18.4 Å². The van der Waals surface area contributed by atoms with Gasteiger partial charge in [0.1, 0.15) is 0 Å². The van der Waals surface area contributed by atoms with E-state index in [1.807, 2.05) is 24.3 Å². The van der Waals surface area contributed by atoms with Gasteiger partial charge in [0.15, 0.2) is 6.29 Å². The van der Waals surface area contributed by atoms with Gasteiger partial charge in [-0.25, -0.2) is 0 Å². The molecule has 1 aromatic rings. The molecule has 1 fully saturated rings. The third-order valence-corrected chi connectivity index (χ3v) is 4.61. The standard InChI is InChI=1S/C20H29NO2S/c1-2-3-4-5-6-7-8-9-17-14-22-20(23-15-17)18-10-12-19(13-11-18)21-16-24/h10-13,17,20H,2-9,14-15H2,1H3. The van der Waals surface area contributed by atoms with Crippen LogP contribution in [0.5, 0.6) is 0 Å². The lowest BCUT2D eigenvalue weighted by Gasteiger charge is -2.29. The second-order valence-electron chi connectivity index (χ2n) is 6.57. The molecule has 132 valence electrons. The summed E-state index contributed by atoms with van der Waals surface area (Å²) in [5.41, 5.74) is 1.84. The van der Waals surface area contributed by atoms with Crippen LogP contribution in [0.25, 0.3) is 0 Å². The Balaban J connectivity index is 1.61. The zero-order valence-corrected chi connectivity index (χ0v) is 15.5. The molecule has 0 aliphatic carbocycles. The SMILES string of the molecule is CCCCCCCCCC1COC(c2ccc(N=C=S)cc2)OC1. The minimum atomic E-state index is -0.249. The molecule has 0 saturated carbocycles. The summed E-state index contributed by atoms with van der Waals surface area (Å²) in [6.45, 7) is 3.85. The lowest BCUT2D eigenvalue weighted by atomic mass is 10.0. The summed E-state index contributed by atoms with van der Waals surface area (Å²) in [7, 11) is 0. The molecule has 1 saturated heterocycles. The Morgan fingerprint density at radius 2 is 1.62 bits per heavy atom. The summed E-state index contributed by atoms with van der Waals surface area (Å²) < 4.78 is 11.8. The molecular formula is C20H29NO2S. The van der Waals surface area contributed by atoms with E-state index in [0.29, 0.717) is 5.92 Å². The van der Waals surface area contributed by atoms with Gasteiger partial charge in [0.25, 0.3) is 0 Å². The molecule has 0 unspecified atom stereocenters. The molecule has 0 radical (unpaired) electrons. The molecule has 0 bridgehead atoms. The van der Waals surface area contributed by atoms with Gasteiger partial charge in [-0.3, -0.25) is 0 Å². The first-order valence-electron chi connectivity index (χ1n) is 9.24. The van der Waals surface area contributed by atoms with Gasteiger partial charge in [-0.2, -0.15) is 4.99 Å². The summed E-state index contributed by atoms with van der Waals surface area (Å²) >= 11 is 4.61. The van der Waals surface area contributed by atoms with E-state index in [9.17, 15) is 0 Å². The van der Waals surface area contributed by atoms with E-state index in [1.54, 1.807) is 0 Å². The Bertz CT molecular complexity index is 503. The van der Waals surface area contributed by atoms with Gasteiger partial charge < -0.3 is 9.47 Å². The molecule has 1 aliphatic rings. The van der Waals surface area contributed by atoms with Crippen LogP contribution in [-0.2, 0) is 9.47 Å². The van der Waals surface area contributed by atoms with E-state index in [0.717, 1.165) is 24.5 Å². The number of benzene rings is 1. The molecule has 4 heteroatoms. The topological polar surface area (TPSA) is 30.8 Å². The lowest BCUT2D eigenvalue weighted by molar-refractivity contribution is -0.206. The first-order valence-corrected chi connectivity index (χ1v) is 9.65. The van der Waals surface area contributed by atoms with Gasteiger partial charge in [-0.05, 0) is 30.8 Å². The van der Waals surface area contributed by atoms with Crippen molar-refractivity contribution in [2.75, 3.05) is 13.2 Å². The zero-order valence-electron chi connectivity index (χ0n) is 14.7. The molecule has 1 aromatic carbocycles. The Kier molecular flexibility index (Phi) is 9.22. The van der Waals surface area contributed by atoms with Crippen LogP contribution in [0.2, 0.25) is 0 Å². The average Bonchev–Trinajstić information content (AvgIpc) is 2.62. The Morgan fingerprint density at radius 1 is 1.00 bits per heavy atom. The summed E-state index contributed by atoms with van der Waals surface area (Å²) in [5.74, 6) is 0.538. The third-order valence-electron chi connectivity index (χ3n) is 4.52. The molecule has 0 aromatic heterocycles. The molecule has 0 amide bonds. The van der Waals surface area contributed by atoms with E-state index >= 15 is 0 Å². The summed E-state index contributed by atoms with van der Waals surface area (Å²) in [4.78, 5) is 3.95. The number of isothiocyanates is 1. The van der Waals surface area contributed by atoms with Crippen molar-refractivity contribution >= 4 is 23.1 Å². The van der Waals surface area contributed by atoms with Crippen LogP contribution in [0.15, 0.2) is 29.3 Å². The fourth-order valence-electron chi connectivity index (χ4n) is 3.05. The number of hydrogen-bond donors (Lipinski definition) is 0. The van der Waals surface area contributed by atoms with Crippen molar-refractivity contribution in [1.82, 2.24) is 0 Å². The van der Waals surface area contributed by atoms with Crippen molar-refractivity contribution in [3.63, 3.8) is 0 Å². The summed E-state index contributed by atoms with van der Waals surface area (Å²) in [6, 6.07) is 7.78. The fraction of sp³-hybridized carbons (Fsp3) is 0.650. The van der Waals surface area contributed by atoms with Gasteiger partial charge in [0.2, 0.25) is 0 Å². The van der Waals surface area contributed by atoms with Crippen LogP contribution in [0.3, 0.4) is 0 Å².